The Bertz CT molecular complexity index is 667. The number of aromatic carboxylic acids is 1. The van der Waals surface area contributed by atoms with E-state index in [1.54, 1.807) is 12.1 Å². The number of nitrogens with one attached hydrogen (secondary N) is 1. The van der Waals surface area contributed by atoms with Crippen LogP contribution in [0.3, 0.4) is 0 Å². The van der Waals surface area contributed by atoms with Gasteiger partial charge in [-0.2, -0.15) is 0 Å². The Hall–Kier alpha value is -2.50. The fraction of sp³-hybridized carbons (Fsp3) is 0.333. The smallest absolute Gasteiger partial charge is 0.371 e. The van der Waals surface area contributed by atoms with Crippen molar-refractivity contribution in [2.24, 2.45) is 0 Å². The van der Waals surface area contributed by atoms with Gasteiger partial charge in [0.2, 0.25) is 5.76 Å². The topological polar surface area (TPSA) is 84.5 Å². The third kappa shape index (κ3) is 2.69. The lowest BCUT2D eigenvalue weighted by molar-refractivity contribution is 0.0660. The van der Waals surface area contributed by atoms with Gasteiger partial charge < -0.3 is 19.4 Å². The van der Waals surface area contributed by atoms with E-state index in [4.69, 9.17) is 9.52 Å². The molecule has 0 atom stereocenters. The highest BCUT2D eigenvalue weighted by Gasteiger charge is 2.23. The maximum atomic E-state index is 12.2. The first-order chi connectivity index (χ1) is 10.1. The van der Waals surface area contributed by atoms with Gasteiger partial charge in [0.15, 0.2) is 0 Å². The summed E-state index contributed by atoms with van der Waals surface area (Å²) in [5.41, 5.74) is 0.629. The number of carboxylic acid groups (broad SMARTS) is 1. The minimum atomic E-state index is -1.12. The summed E-state index contributed by atoms with van der Waals surface area (Å²) < 4.78 is 7.11. The number of hydrogen-bond donors (Lipinski definition) is 2. The van der Waals surface area contributed by atoms with E-state index in [2.05, 4.69) is 5.32 Å². The number of amides is 1. The van der Waals surface area contributed by atoms with Crippen molar-refractivity contribution >= 4 is 11.9 Å². The summed E-state index contributed by atoms with van der Waals surface area (Å²) in [4.78, 5) is 22.9. The standard InChI is InChI=1S/C15H16N2O4/c18-14(12-5-2-8-17(12)10-3-1-4-10)16-9-11-6-7-13(21-11)15(19)20/h2,5-8,10H,1,3-4,9H2,(H,16,18)(H,19,20). The summed E-state index contributed by atoms with van der Waals surface area (Å²) in [5, 5.41) is 11.5. The van der Waals surface area contributed by atoms with Crippen LogP contribution in [0.4, 0.5) is 0 Å². The molecular weight excluding hydrogens is 272 g/mol. The Balaban J connectivity index is 1.63. The largest absolute Gasteiger partial charge is 0.475 e. The molecule has 0 radical (unpaired) electrons. The Kier molecular flexibility index (Phi) is 3.51. The second-order valence-electron chi connectivity index (χ2n) is 5.14. The van der Waals surface area contributed by atoms with Gasteiger partial charge in [-0.05, 0) is 43.5 Å². The van der Waals surface area contributed by atoms with Gasteiger partial charge in [-0.1, -0.05) is 0 Å². The molecule has 0 unspecified atom stereocenters. The number of carboxylic acids is 1. The van der Waals surface area contributed by atoms with Crippen LogP contribution in [-0.4, -0.2) is 21.6 Å². The summed E-state index contributed by atoms with van der Waals surface area (Å²) in [6.45, 7) is 0.169. The normalized spacial score (nSPS) is 14.7. The van der Waals surface area contributed by atoms with Crippen LogP contribution < -0.4 is 5.32 Å². The monoisotopic (exact) mass is 288 g/mol. The van der Waals surface area contributed by atoms with Gasteiger partial charge in [-0.25, -0.2) is 4.79 Å². The SMILES string of the molecule is O=C(O)c1ccc(CNC(=O)c2cccn2C2CCC2)o1. The fourth-order valence-corrected chi connectivity index (χ4v) is 2.42. The van der Waals surface area contributed by atoms with Crippen molar-refractivity contribution in [3.63, 3.8) is 0 Å². The molecule has 110 valence electrons. The van der Waals surface area contributed by atoms with Crippen LogP contribution >= 0.6 is 0 Å². The second kappa shape index (κ2) is 5.47. The highest BCUT2D eigenvalue weighted by atomic mass is 16.4. The van der Waals surface area contributed by atoms with E-state index >= 15 is 0 Å². The van der Waals surface area contributed by atoms with Gasteiger partial charge in [0.05, 0.1) is 6.54 Å². The first kappa shape index (κ1) is 13.5. The van der Waals surface area contributed by atoms with E-state index in [-0.39, 0.29) is 18.2 Å². The van der Waals surface area contributed by atoms with E-state index in [1.807, 2.05) is 16.8 Å². The molecule has 1 amide bonds. The number of hydrogen-bond acceptors (Lipinski definition) is 3. The number of rotatable bonds is 5. The average molecular weight is 288 g/mol. The van der Waals surface area contributed by atoms with Gasteiger partial charge >= 0.3 is 5.97 Å². The maximum Gasteiger partial charge on any atom is 0.371 e. The molecule has 2 aromatic heterocycles. The predicted octanol–water partition coefficient (Wildman–Crippen LogP) is 2.43. The molecule has 2 N–H and O–H groups in total. The van der Waals surface area contributed by atoms with Crippen molar-refractivity contribution in [2.75, 3.05) is 0 Å². The molecule has 1 saturated carbocycles. The molecule has 0 aliphatic heterocycles. The van der Waals surface area contributed by atoms with Crippen molar-refractivity contribution in [3.8, 4) is 0 Å². The summed E-state index contributed by atoms with van der Waals surface area (Å²) in [6.07, 6.45) is 5.34. The van der Waals surface area contributed by atoms with Crippen molar-refractivity contribution in [3.05, 3.63) is 47.7 Å². The number of furan rings is 1. The van der Waals surface area contributed by atoms with Gasteiger partial charge in [-0.15, -0.1) is 0 Å². The first-order valence-corrected chi connectivity index (χ1v) is 6.92. The molecule has 6 heteroatoms. The number of nitrogens with zero attached hydrogens (tertiary/aromatic N) is 1. The minimum Gasteiger partial charge on any atom is -0.475 e. The maximum absolute atomic E-state index is 12.2. The van der Waals surface area contributed by atoms with Crippen LogP contribution in [0, 0.1) is 0 Å². The number of carbonyl (C=O) groups is 2. The average Bonchev–Trinajstić information content (AvgIpc) is 3.02. The van der Waals surface area contributed by atoms with E-state index in [1.165, 1.54) is 12.5 Å². The Morgan fingerprint density at radius 2 is 2.14 bits per heavy atom. The predicted molar refractivity (Wildman–Crippen MR) is 74.2 cm³/mol. The third-order valence-corrected chi connectivity index (χ3v) is 3.78. The molecule has 1 aliphatic carbocycles. The van der Waals surface area contributed by atoms with Crippen molar-refractivity contribution in [1.82, 2.24) is 9.88 Å². The zero-order valence-electron chi connectivity index (χ0n) is 11.4. The molecule has 1 fully saturated rings. The van der Waals surface area contributed by atoms with Crippen molar-refractivity contribution in [1.29, 1.82) is 0 Å². The summed E-state index contributed by atoms with van der Waals surface area (Å²) in [5.74, 6) is -1.01. The first-order valence-electron chi connectivity index (χ1n) is 6.92. The quantitative estimate of drug-likeness (QED) is 0.885. The van der Waals surface area contributed by atoms with Crippen molar-refractivity contribution < 1.29 is 19.1 Å². The summed E-state index contributed by atoms with van der Waals surface area (Å²) in [7, 11) is 0. The lowest BCUT2D eigenvalue weighted by atomic mass is 9.93. The highest BCUT2D eigenvalue weighted by Crippen LogP contribution is 2.32. The van der Waals surface area contributed by atoms with Gasteiger partial charge in [0, 0.05) is 12.2 Å². The molecule has 2 heterocycles. The van der Waals surface area contributed by atoms with E-state index in [0.29, 0.717) is 17.5 Å². The Morgan fingerprint density at radius 3 is 2.76 bits per heavy atom. The van der Waals surface area contributed by atoms with Crippen LogP contribution in [0.25, 0.3) is 0 Å². The molecular formula is C15H16N2O4. The van der Waals surface area contributed by atoms with Crippen LogP contribution in [0.5, 0.6) is 0 Å². The Morgan fingerprint density at radius 1 is 1.33 bits per heavy atom. The molecule has 2 aromatic rings. The lowest BCUT2D eigenvalue weighted by Crippen LogP contribution is -2.28. The second-order valence-corrected chi connectivity index (χ2v) is 5.14. The fourth-order valence-electron chi connectivity index (χ4n) is 2.42. The van der Waals surface area contributed by atoms with Gasteiger partial charge in [0.25, 0.3) is 5.91 Å². The Labute approximate surface area is 121 Å². The summed E-state index contributed by atoms with van der Waals surface area (Å²) in [6, 6.07) is 7.00. The lowest BCUT2D eigenvalue weighted by Gasteiger charge is -2.28. The molecule has 0 spiro atoms. The van der Waals surface area contributed by atoms with Gasteiger partial charge in [0.1, 0.15) is 11.5 Å². The van der Waals surface area contributed by atoms with Crippen LogP contribution in [0.1, 0.15) is 52.1 Å². The minimum absolute atomic E-state index is 0.128. The molecule has 21 heavy (non-hydrogen) atoms. The van der Waals surface area contributed by atoms with E-state index < -0.39 is 5.97 Å². The number of aromatic nitrogens is 1. The zero-order valence-corrected chi connectivity index (χ0v) is 11.4. The van der Waals surface area contributed by atoms with E-state index in [0.717, 1.165) is 12.8 Å². The van der Waals surface area contributed by atoms with Crippen LogP contribution in [0.2, 0.25) is 0 Å². The van der Waals surface area contributed by atoms with Crippen LogP contribution in [-0.2, 0) is 6.54 Å². The molecule has 0 bridgehead atoms. The zero-order chi connectivity index (χ0) is 14.8. The molecule has 3 rings (SSSR count). The molecule has 6 nitrogen and oxygen atoms in total. The third-order valence-electron chi connectivity index (χ3n) is 3.78. The highest BCUT2D eigenvalue weighted by molar-refractivity contribution is 5.92. The van der Waals surface area contributed by atoms with Crippen LogP contribution in [0.15, 0.2) is 34.9 Å². The van der Waals surface area contributed by atoms with E-state index in [9.17, 15) is 9.59 Å². The number of carbonyl (C=O) groups excluding carboxylic acids is 1. The van der Waals surface area contributed by atoms with Crippen molar-refractivity contribution in [2.45, 2.75) is 31.8 Å². The van der Waals surface area contributed by atoms with Gasteiger partial charge in [-0.3, -0.25) is 4.79 Å². The molecule has 0 saturated heterocycles. The molecule has 1 aliphatic rings. The molecule has 0 aromatic carbocycles. The summed E-state index contributed by atoms with van der Waals surface area (Å²) >= 11 is 0.